The van der Waals surface area contributed by atoms with Gasteiger partial charge in [0.05, 0.1) is 17.9 Å². The number of hydrogen-bond donors (Lipinski definition) is 0. The zero-order valence-electron chi connectivity index (χ0n) is 11.6. The molecule has 0 unspecified atom stereocenters. The van der Waals surface area contributed by atoms with Crippen molar-refractivity contribution in [2.24, 2.45) is 11.8 Å². The lowest BCUT2D eigenvalue weighted by molar-refractivity contribution is -0.140. The number of rotatable bonds is 1. The number of imide groups is 1. The largest absolute Gasteiger partial charge is 0.331 e. The molecule has 6 heteroatoms. The molecule has 4 heterocycles. The van der Waals surface area contributed by atoms with E-state index in [9.17, 15) is 14.4 Å². The zero-order chi connectivity index (χ0) is 14.7. The van der Waals surface area contributed by atoms with Crippen molar-refractivity contribution in [2.45, 2.75) is 24.9 Å². The smallest absolute Gasteiger partial charge is 0.235 e. The van der Waals surface area contributed by atoms with E-state index in [1.807, 2.05) is 6.07 Å². The van der Waals surface area contributed by atoms with Gasteiger partial charge in [0.15, 0.2) is 0 Å². The molecule has 1 aromatic rings. The first-order valence-electron chi connectivity index (χ1n) is 7.14. The first kappa shape index (κ1) is 12.5. The van der Waals surface area contributed by atoms with E-state index in [1.54, 1.807) is 23.4 Å². The Hall–Kier alpha value is -2.24. The third kappa shape index (κ3) is 1.47. The SMILES string of the molecule is CN1C(=O)[C@@H]2[C@H](C1=O)[C@H](c1cccnc1)N1C(=O)CC[C@H]21. The van der Waals surface area contributed by atoms with Crippen molar-refractivity contribution in [3.63, 3.8) is 0 Å². The van der Waals surface area contributed by atoms with Crippen LogP contribution in [-0.2, 0) is 14.4 Å². The average molecular weight is 285 g/mol. The van der Waals surface area contributed by atoms with Crippen LogP contribution in [0.4, 0.5) is 0 Å². The van der Waals surface area contributed by atoms with Crippen LogP contribution >= 0.6 is 0 Å². The predicted molar refractivity (Wildman–Crippen MR) is 71.6 cm³/mol. The number of amides is 3. The molecular weight excluding hydrogens is 270 g/mol. The molecule has 21 heavy (non-hydrogen) atoms. The van der Waals surface area contributed by atoms with Crippen LogP contribution in [0.5, 0.6) is 0 Å². The second kappa shape index (κ2) is 4.13. The van der Waals surface area contributed by atoms with Crippen LogP contribution in [0.2, 0.25) is 0 Å². The maximum absolute atomic E-state index is 12.5. The Morgan fingerprint density at radius 3 is 2.67 bits per heavy atom. The highest BCUT2D eigenvalue weighted by Crippen LogP contribution is 2.52. The summed E-state index contributed by atoms with van der Waals surface area (Å²) in [7, 11) is 1.53. The van der Waals surface area contributed by atoms with Crippen molar-refractivity contribution in [3.05, 3.63) is 30.1 Å². The van der Waals surface area contributed by atoms with E-state index in [0.29, 0.717) is 12.8 Å². The lowest BCUT2D eigenvalue weighted by Crippen LogP contribution is -2.39. The molecule has 0 spiro atoms. The zero-order valence-corrected chi connectivity index (χ0v) is 11.6. The van der Waals surface area contributed by atoms with E-state index in [4.69, 9.17) is 0 Å². The van der Waals surface area contributed by atoms with Crippen LogP contribution < -0.4 is 0 Å². The van der Waals surface area contributed by atoms with Gasteiger partial charge in [-0.15, -0.1) is 0 Å². The number of aromatic nitrogens is 1. The highest BCUT2D eigenvalue weighted by Gasteiger charge is 2.64. The van der Waals surface area contributed by atoms with Crippen molar-refractivity contribution in [2.75, 3.05) is 7.05 Å². The van der Waals surface area contributed by atoms with Crippen LogP contribution in [0, 0.1) is 11.8 Å². The summed E-state index contributed by atoms with van der Waals surface area (Å²) in [4.78, 5) is 44.2. The quantitative estimate of drug-likeness (QED) is 0.698. The molecule has 3 saturated heterocycles. The summed E-state index contributed by atoms with van der Waals surface area (Å²) in [6, 6.07) is 3.17. The van der Waals surface area contributed by atoms with Crippen LogP contribution in [0.1, 0.15) is 24.4 Å². The molecule has 0 N–H and O–H groups in total. The number of fused-ring (bicyclic) bond motifs is 3. The molecule has 3 aliphatic heterocycles. The normalized spacial score (nSPS) is 34.6. The number of likely N-dealkylation sites (tertiary alicyclic amines) is 1. The lowest BCUT2D eigenvalue weighted by Gasteiger charge is -2.28. The number of carbonyl (C=O) groups excluding carboxylic acids is 3. The van der Waals surface area contributed by atoms with E-state index in [-0.39, 0.29) is 35.7 Å². The Morgan fingerprint density at radius 2 is 1.95 bits per heavy atom. The Labute approximate surface area is 121 Å². The van der Waals surface area contributed by atoms with E-state index < -0.39 is 5.92 Å². The van der Waals surface area contributed by atoms with Gasteiger partial charge in [-0.1, -0.05) is 6.07 Å². The van der Waals surface area contributed by atoms with Gasteiger partial charge in [-0.25, -0.2) is 0 Å². The minimum absolute atomic E-state index is 0.0338. The summed E-state index contributed by atoms with van der Waals surface area (Å²) < 4.78 is 0. The van der Waals surface area contributed by atoms with Crippen molar-refractivity contribution < 1.29 is 14.4 Å². The standard InChI is InChI=1S/C15H15N3O3/c1-17-14(20)11-9-4-5-10(19)18(9)13(12(11)15(17)21)8-3-2-6-16-7-8/h2-3,6-7,9,11-13H,4-5H2,1H3/t9-,11+,12+,13+/m1/s1. The summed E-state index contributed by atoms with van der Waals surface area (Å²) in [5.74, 6) is -1.14. The Kier molecular flexibility index (Phi) is 2.46. The third-order valence-electron chi connectivity index (χ3n) is 5.00. The summed E-state index contributed by atoms with van der Waals surface area (Å²) in [5, 5.41) is 0. The van der Waals surface area contributed by atoms with Crippen LogP contribution in [0.25, 0.3) is 0 Å². The molecule has 4 rings (SSSR count). The summed E-state index contributed by atoms with van der Waals surface area (Å²) in [5.41, 5.74) is 0.835. The fourth-order valence-electron chi connectivity index (χ4n) is 4.13. The monoisotopic (exact) mass is 285 g/mol. The van der Waals surface area contributed by atoms with Gasteiger partial charge in [0.1, 0.15) is 0 Å². The maximum atomic E-state index is 12.5. The van der Waals surface area contributed by atoms with Crippen molar-refractivity contribution in [1.29, 1.82) is 0 Å². The van der Waals surface area contributed by atoms with Crippen LogP contribution in [0.3, 0.4) is 0 Å². The van der Waals surface area contributed by atoms with E-state index in [0.717, 1.165) is 5.56 Å². The lowest BCUT2D eigenvalue weighted by atomic mass is 9.85. The van der Waals surface area contributed by atoms with Crippen molar-refractivity contribution in [3.8, 4) is 0 Å². The third-order valence-corrected chi connectivity index (χ3v) is 5.00. The highest BCUT2D eigenvalue weighted by molar-refractivity contribution is 6.07. The molecule has 0 radical (unpaired) electrons. The average Bonchev–Trinajstić information content (AvgIpc) is 3.09. The van der Waals surface area contributed by atoms with Gasteiger partial charge in [0, 0.05) is 31.9 Å². The molecule has 0 aromatic carbocycles. The van der Waals surface area contributed by atoms with Crippen molar-refractivity contribution in [1.82, 2.24) is 14.8 Å². The molecule has 3 aliphatic rings. The molecule has 6 nitrogen and oxygen atoms in total. The second-order valence-electron chi connectivity index (χ2n) is 5.93. The number of nitrogens with zero attached hydrogens (tertiary/aromatic N) is 3. The fourth-order valence-corrected chi connectivity index (χ4v) is 4.13. The van der Waals surface area contributed by atoms with E-state index >= 15 is 0 Å². The van der Waals surface area contributed by atoms with Crippen molar-refractivity contribution >= 4 is 17.7 Å². The predicted octanol–water partition coefficient (Wildman–Crippen LogP) is 0.358. The minimum Gasteiger partial charge on any atom is -0.331 e. The second-order valence-corrected chi connectivity index (χ2v) is 5.93. The Bertz CT molecular complexity index is 645. The first-order valence-corrected chi connectivity index (χ1v) is 7.14. The summed E-state index contributed by atoms with van der Waals surface area (Å²) in [6.07, 6.45) is 4.46. The van der Waals surface area contributed by atoms with E-state index in [1.165, 1.54) is 11.9 Å². The van der Waals surface area contributed by atoms with Gasteiger partial charge in [-0.3, -0.25) is 24.3 Å². The molecule has 0 bridgehead atoms. The fraction of sp³-hybridized carbons (Fsp3) is 0.467. The van der Waals surface area contributed by atoms with Gasteiger partial charge in [-0.2, -0.15) is 0 Å². The molecule has 108 valence electrons. The number of carbonyl (C=O) groups is 3. The molecule has 0 aliphatic carbocycles. The Balaban J connectivity index is 1.85. The minimum atomic E-state index is -0.457. The topological polar surface area (TPSA) is 70.6 Å². The van der Waals surface area contributed by atoms with Gasteiger partial charge >= 0.3 is 0 Å². The van der Waals surface area contributed by atoms with Gasteiger partial charge in [0.2, 0.25) is 17.7 Å². The van der Waals surface area contributed by atoms with Gasteiger partial charge in [-0.05, 0) is 18.1 Å². The first-order chi connectivity index (χ1) is 10.1. The number of hydrogen-bond acceptors (Lipinski definition) is 4. The molecule has 4 atom stereocenters. The summed E-state index contributed by atoms with van der Waals surface area (Å²) >= 11 is 0. The Morgan fingerprint density at radius 1 is 1.19 bits per heavy atom. The van der Waals surface area contributed by atoms with E-state index in [2.05, 4.69) is 4.98 Å². The van der Waals surface area contributed by atoms with Gasteiger partial charge < -0.3 is 4.90 Å². The molecule has 3 fully saturated rings. The highest BCUT2D eigenvalue weighted by atomic mass is 16.2. The van der Waals surface area contributed by atoms with Crippen LogP contribution in [0.15, 0.2) is 24.5 Å². The summed E-state index contributed by atoms with van der Waals surface area (Å²) in [6.45, 7) is 0. The maximum Gasteiger partial charge on any atom is 0.235 e. The van der Waals surface area contributed by atoms with Gasteiger partial charge in [0.25, 0.3) is 0 Å². The molecule has 0 saturated carbocycles. The molecule has 1 aromatic heterocycles. The van der Waals surface area contributed by atoms with Crippen LogP contribution in [-0.4, -0.2) is 45.6 Å². The molecule has 3 amide bonds. The molecular formula is C15H15N3O3. The number of pyridine rings is 1.